The van der Waals surface area contributed by atoms with E-state index >= 15 is 0 Å². The van der Waals surface area contributed by atoms with Crippen LogP contribution >= 0.6 is 11.3 Å². The number of hydrogen-bond acceptors (Lipinski definition) is 5. The predicted molar refractivity (Wildman–Crippen MR) is 74.7 cm³/mol. The molecular formula is C12H17NO5S2. The van der Waals surface area contributed by atoms with Crippen LogP contribution in [0.1, 0.15) is 28.6 Å². The Kier molecular flexibility index (Phi) is 4.48. The summed E-state index contributed by atoms with van der Waals surface area (Å²) in [6, 6.07) is -0.288. The predicted octanol–water partition coefficient (Wildman–Crippen LogP) is 1.46. The Morgan fingerprint density at radius 3 is 2.85 bits per heavy atom. The average Bonchev–Trinajstić information content (AvgIpc) is 2.96. The second kappa shape index (κ2) is 5.80. The van der Waals surface area contributed by atoms with Gasteiger partial charge in [-0.2, -0.15) is 0 Å². The number of aromatic carboxylic acids is 1. The number of carbonyl (C=O) groups is 1. The third-order valence-electron chi connectivity index (χ3n) is 3.39. The SMILES string of the molecule is Cc1csc(C(=O)O)c1S(=O)(=O)NC(C)C1CCOC1. The van der Waals surface area contributed by atoms with Gasteiger partial charge in [0.15, 0.2) is 0 Å². The van der Waals surface area contributed by atoms with Crippen molar-refractivity contribution in [3.05, 3.63) is 15.8 Å². The molecular weight excluding hydrogens is 302 g/mol. The number of carboxylic acids is 1. The van der Waals surface area contributed by atoms with Crippen LogP contribution in [0.2, 0.25) is 0 Å². The van der Waals surface area contributed by atoms with Gasteiger partial charge in [0.05, 0.1) is 6.61 Å². The number of nitrogens with one attached hydrogen (secondary N) is 1. The van der Waals surface area contributed by atoms with Crippen molar-refractivity contribution in [2.45, 2.75) is 31.2 Å². The lowest BCUT2D eigenvalue weighted by molar-refractivity contribution is 0.0698. The van der Waals surface area contributed by atoms with E-state index in [1.54, 1.807) is 19.2 Å². The second-order valence-electron chi connectivity index (χ2n) is 4.92. The Morgan fingerprint density at radius 1 is 1.60 bits per heavy atom. The smallest absolute Gasteiger partial charge is 0.347 e. The molecule has 2 rings (SSSR count). The first-order valence-electron chi connectivity index (χ1n) is 6.24. The van der Waals surface area contributed by atoms with E-state index < -0.39 is 16.0 Å². The highest BCUT2D eigenvalue weighted by molar-refractivity contribution is 7.89. The fourth-order valence-corrected chi connectivity index (χ4v) is 5.21. The van der Waals surface area contributed by atoms with Crippen molar-refractivity contribution in [1.29, 1.82) is 0 Å². The summed E-state index contributed by atoms with van der Waals surface area (Å²) >= 11 is 0.927. The second-order valence-corrected chi connectivity index (χ2v) is 7.45. The number of hydrogen-bond donors (Lipinski definition) is 2. The zero-order valence-corrected chi connectivity index (χ0v) is 12.9. The summed E-state index contributed by atoms with van der Waals surface area (Å²) in [5.41, 5.74) is 0.453. The molecule has 1 aliphatic rings. The molecule has 0 amide bonds. The molecule has 0 radical (unpaired) electrons. The molecule has 1 fully saturated rings. The summed E-state index contributed by atoms with van der Waals surface area (Å²) in [6.45, 7) is 4.53. The minimum Gasteiger partial charge on any atom is -0.477 e. The molecule has 1 aromatic heterocycles. The lowest BCUT2D eigenvalue weighted by Crippen LogP contribution is -2.38. The topological polar surface area (TPSA) is 92.7 Å². The van der Waals surface area contributed by atoms with Gasteiger partial charge >= 0.3 is 5.97 Å². The minimum atomic E-state index is -3.84. The minimum absolute atomic E-state index is 0.122. The third-order valence-corrected chi connectivity index (χ3v) is 6.35. The van der Waals surface area contributed by atoms with Crippen LogP contribution in [0, 0.1) is 12.8 Å². The Balaban J connectivity index is 2.26. The highest BCUT2D eigenvalue weighted by Gasteiger charge is 2.31. The fraction of sp³-hybridized carbons (Fsp3) is 0.583. The van der Waals surface area contributed by atoms with Crippen molar-refractivity contribution >= 4 is 27.3 Å². The number of sulfonamides is 1. The number of aryl methyl sites for hydroxylation is 1. The quantitative estimate of drug-likeness (QED) is 0.857. The van der Waals surface area contributed by atoms with Crippen LogP contribution in [0.5, 0.6) is 0 Å². The van der Waals surface area contributed by atoms with Gasteiger partial charge in [0.25, 0.3) is 0 Å². The molecule has 0 aromatic carbocycles. The van der Waals surface area contributed by atoms with Crippen molar-refractivity contribution in [2.75, 3.05) is 13.2 Å². The third kappa shape index (κ3) is 3.03. The fourth-order valence-electron chi connectivity index (χ4n) is 2.26. The zero-order valence-electron chi connectivity index (χ0n) is 11.3. The van der Waals surface area contributed by atoms with E-state index in [-0.39, 0.29) is 21.7 Å². The summed E-state index contributed by atoms with van der Waals surface area (Å²) in [5.74, 6) is -1.10. The van der Waals surface area contributed by atoms with Gasteiger partial charge in [0.2, 0.25) is 10.0 Å². The van der Waals surface area contributed by atoms with Crippen molar-refractivity contribution in [2.24, 2.45) is 5.92 Å². The average molecular weight is 319 g/mol. The summed E-state index contributed by atoms with van der Waals surface area (Å²) < 4.78 is 32.6. The molecule has 0 spiro atoms. The maximum atomic E-state index is 12.4. The van der Waals surface area contributed by atoms with Crippen LogP contribution < -0.4 is 4.72 Å². The van der Waals surface area contributed by atoms with Gasteiger partial charge in [0, 0.05) is 18.6 Å². The molecule has 1 aliphatic heterocycles. The molecule has 0 saturated carbocycles. The van der Waals surface area contributed by atoms with Crippen LogP contribution in [0.25, 0.3) is 0 Å². The molecule has 6 nitrogen and oxygen atoms in total. The van der Waals surface area contributed by atoms with E-state index in [0.717, 1.165) is 17.8 Å². The van der Waals surface area contributed by atoms with Crippen molar-refractivity contribution < 1.29 is 23.1 Å². The normalized spacial score (nSPS) is 21.0. The maximum absolute atomic E-state index is 12.4. The molecule has 2 atom stereocenters. The van der Waals surface area contributed by atoms with E-state index in [9.17, 15) is 13.2 Å². The highest BCUT2D eigenvalue weighted by Crippen LogP contribution is 2.28. The van der Waals surface area contributed by atoms with Gasteiger partial charge in [0.1, 0.15) is 9.77 Å². The lowest BCUT2D eigenvalue weighted by Gasteiger charge is -2.19. The summed E-state index contributed by atoms with van der Waals surface area (Å²) in [6.07, 6.45) is 0.804. The standard InChI is InChI=1S/C12H17NO5S2/c1-7-6-19-10(12(14)15)11(7)20(16,17)13-8(2)9-3-4-18-5-9/h6,8-9,13H,3-5H2,1-2H3,(H,14,15). The summed E-state index contributed by atoms with van der Waals surface area (Å²) in [5, 5.41) is 10.6. The Morgan fingerprint density at radius 2 is 2.30 bits per heavy atom. The molecule has 2 unspecified atom stereocenters. The monoisotopic (exact) mass is 319 g/mol. The van der Waals surface area contributed by atoms with Crippen LogP contribution in [0.3, 0.4) is 0 Å². The van der Waals surface area contributed by atoms with E-state index in [0.29, 0.717) is 18.8 Å². The molecule has 1 aromatic rings. The first-order valence-corrected chi connectivity index (χ1v) is 8.60. The molecule has 2 heterocycles. The first kappa shape index (κ1) is 15.4. The largest absolute Gasteiger partial charge is 0.477 e. The molecule has 112 valence electrons. The Labute approximate surface area is 121 Å². The number of rotatable bonds is 5. The van der Waals surface area contributed by atoms with Gasteiger partial charge < -0.3 is 9.84 Å². The van der Waals surface area contributed by atoms with Crippen molar-refractivity contribution in [3.63, 3.8) is 0 Å². The van der Waals surface area contributed by atoms with E-state index in [1.807, 2.05) is 0 Å². The number of thiophene rings is 1. The van der Waals surface area contributed by atoms with E-state index in [4.69, 9.17) is 9.84 Å². The first-order chi connectivity index (χ1) is 9.33. The Bertz CT molecular complexity index is 601. The maximum Gasteiger partial charge on any atom is 0.347 e. The van der Waals surface area contributed by atoms with Gasteiger partial charge in [-0.25, -0.2) is 17.9 Å². The van der Waals surface area contributed by atoms with Crippen molar-refractivity contribution in [3.8, 4) is 0 Å². The lowest BCUT2D eigenvalue weighted by atomic mass is 10.0. The molecule has 0 bridgehead atoms. The molecule has 1 saturated heterocycles. The van der Waals surface area contributed by atoms with E-state index in [2.05, 4.69) is 4.72 Å². The van der Waals surface area contributed by atoms with Gasteiger partial charge in [-0.3, -0.25) is 0 Å². The molecule has 8 heteroatoms. The van der Waals surface area contributed by atoms with Gasteiger partial charge in [-0.1, -0.05) is 0 Å². The molecule has 0 aliphatic carbocycles. The van der Waals surface area contributed by atoms with Gasteiger partial charge in [-0.15, -0.1) is 11.3 Å². The van der Waals surface area contributed by atoms with Crippen molar-refractivity contribution in [1.82, 2.24) is 4.72 Å². The Hall–Kier alpha value is -0.960. The summed E-state index contributed by atoms with van der Waals surface area (Å²) in [4.78, 5) is 10.8. The van der Waals surface area contributed by atoms with Crippen LogP contribution in [-0.4, -0.2) is 38.7 Å². The van der Waals surface area contributed by atoms with Crippen LogP contribution in [0.15, 0.2) is 10.3 Å². The number of ether oxygens (including phenoxy) is 1. The zero-order chi connectivity index (χ0) is 14.9. The van der Waals surface area contributed by atoms with Gasteiger partial charge in [-0.05, 0) is 31.2 Å². The summed E-state index contributed by atoms with van der Waals surface area (Å²) in [7, 11) is -3.84. The van der Waals surface area contributed by atoms with Crippen LogP contribution in [0.4, 0.5) is 0 Å². The molecule has 2 N–H and O–H groups in total. The molecule has 20 heavy (non-hydrogen) atoms. The van der Waals surface area contributed by atoms with Crippen LogP contribution in [-0.2, 0) is 14.8 Å². The number of carboxylic acid groups (broad SMARTS) is 1. The van der Waals surface area contributed by atoms with E-state index in [1.165, 1.54) is 0 Å². The highest BCUT2D eigenvalue weighted by atomic mass is 32.2.